The lowest BCUT2D eigenvalue weighted by Crippen LogP contribution is -2.56. The summed E-state index contributed by atoms with van der Waals surface area (Å²) in [6.45, 7) is 6.37. The van der Waals surface area contributed by atoms with Crippen LogP contribution in [0.3, 0.4) is 0 Å². The molecule has 0 bridgehead atoms. The second-order valence-electron chi connectivity index (χ2n) is 9.61. The van der Waals surface area contributed by atoms with E-state index in [2.05, 4.69) is 13.8 Å². The van der Waals surface area contributed by atoms with Gasteiger partial charge in [-0.15, -0.1) is 0 Å². The van der Waals surface area contributed by atoms with Gasteiger partial charge in [-0.25, -0.2) is 0 Å². The summed E-state index contributed by atoms with van der Waals surface area (Å²) in [6, 6.07) is 0. The Morgan fingerprint density at radius 2 is 2.04 bits per heavy atom. The summed E-state index contributed by atoms with van der Waals surface area (Å²) < 4.78 is 0. The Hall–Kier alpha value is -1.26. The van der Waals surface area contributed by atoms with Crippen LogP contribution in [0.2, 0.25) is 0 Å². The molecule has 4 heteroatoms. The zero-order valence-corrected chi connectivity index (χ0v) is 15.9. The van der Waals surface area contributed by atoms with Crippen molar-refractivity contribution in [3.05, 3.63) is 23.8 Å². The standard InChI is InChI=1S/C22H30O4/c1-12(11-23)16-9-17(25)19-15-5-4-13-8-14(24)6-7-21(13,2)20(15)18(26)10-22(16,19)3/h6-8,12,15-17,19-20,23,25H,4-5,9-11H2,1-3H3/t12-,15+,16-,17-,19-,20-,21+,22-/m1/s1. The summed E-state index contributed by atoms with van der Waals surface area (Å²) in [7, 11) is 0. The summed E-state index contributed by atoms with van der Waals surface area (Å²) in [5, 5.41) is 20.7. The molecule has 2 N–H and O–H groups in total. The fraction of sp³-hybridized carbons (Fsp3) is 0.727. The molecule has 4 nitrogen and oxygen atoms in total. The molecule has 26 heavy (non-hydrogen) atoms. The first kappa shape index (κ1) is 18.1. The number of allylic oxidation sites excluding steroid dienone is 4. The van der Waals surface area contributed by atoms with Crippen molar-refractivity contribution in [1.29, 1.82) is 0 Å². The molecule has 0 unspecified atom stereocenters. The Morgan fingerprint density at radius 3 is 2.73 bits per heavy atom. The lowest BCUT2D eigenvalue weighted by molar-refractivity contribution is -0.147. The number of rotatable bonds is 2. The van der Waals surface area contributed by atoms with E-state index in [4.69, 9.17) is 0 Å². The van der Waals surface area contributed by atoms with Crippen LogP contribution in [-0.4, -0.2) is 34.5 Å². The van der Waals surface area contributed by atoms with E-state index in [1.165, 1.54) is 0 Å². The number of Topliss-reactive ketones (excluding diaryl/α,β-unsaturated/α-hetero) is 1. The van der Waals surface area contributed by atoms with Gasteiger partial charge < -0.3 is 10.2 Å². The van der Waals surface area contributed by atoms with Gasteiger partial charge in [0, 0.05) is 24.4 Å². The monoisotopic (exact) mass is 358 g/mol. The SMILES string of the molecule is C[C@H](CO)[C@H]1C[C@@H](O)[C@H]2[C@@H]3CCC4=CC(=O)C=C[C@]4(C)[C@H]3C(=O)C[C@@]21C. The van der Waals surface area contributed by atoms with Gasteiger partial charge in [0.2, 0.25) is 0 Å². The molecule has 0 aliphatic heterocycles. The number of carbonyl (C=O) groups is 2. The molecule has 4 aliphatic carbocycles. The van der Waals surface area contributed by atoms with Crippen LogP contribution < -0.4 is 0 Å². The van der Waals surface area contributed by atoms with Gasteiger partial charge in [-0.2, -0.15) is 0 Å². The van der Waals surface area contributed by atoms with Crippen molar-refractivity contribution >= 4 is 11.6 Å². The van der Waals surface area contributed by atoms with Crippen molar-refractivity contribution in [2.45, 2.75) is 52.6 Å². The molecule has 0 aromatic carbocycles. The molecule has 0 heterocycles. The van der Waals surface area contributed by atoms with Crippen molar-refractivity contribution in [2.24, 2.45) is 40.4 Å². The van der Waals surface area contributed by atoms with Crippen LogP contribution in [-0.2, 0) is 9.59 Å². The van der Waals surface area contributed by atoms with Crippen molar-refractivity contribution < 1.29 is 19.8 Å². The highest BCUT2D eigenvalue weighted by molar-refractivity contribution is 6.01. The molecule has 0 aromatic heterocycles. The zero-order chi connectivity index (χ0) is 18.9. The maximum Gasteiger partial charge on any atom is 0.178 e. The molecule has 8 atom stereocenters. The van der Waals surface area contributed by atoms with Gasteiger partial charge in [-0.1, -0.05) is 32.4 Å². The topological polar surface area (TPSA) is 74.6 Å². The quantitative estimate of drug-likeness (QED) is 0.796. The summed E-state index contributed by atoms with van der Waals surface area (Å²) in [4.78, 5) is 25.2. The summed E-state index contributed by atoms with van der Waals surface area (Å²) in [5.41, 5.74) is 0.442. The van der Waals surface area contributed by atoms with E-state index in [0.717, 1.165) is 18.4 Å². The van der Waals surface area contributed by atoms with Crippen molar-refractivity contribution in [2.75, 3.05) is 6.61 Å². The minimum atomic E-state index is -0.414. The number of hydrogen-bond donors (Lipinski definition) is 2. The first-order valence-electron chi connectivity index (χ1n) is 9.98. The summed E-state index contributed by atoms with van der Waals surface area (Å²) in [6.07, 6.45) is 7.67. The second-order valence-corrected chi connectivity index (χ2v) is 9.61. The van der Waals surface area contributed by atoms with Crippen LogP contribution in [0.1, 0.15) is 46.5 Å². The third kappa shape index (κ3) is 2.27. The number of aliphatic hydroxyl groups excluding tert-OH is 2. The Labute approximate surface area is 155 Å². The van der Waals surface area contributed by atoms with Crippen LogP contribution in [0.25, 0.3) is 0 Å². The number of fused-ring (bicyclic) bond motifs is 5. The van der Waals surface area contributed by atoms with E-state index in [-0.39, 0.29) is 53.2 Å². The normalized spacial score (nSPS) is 48.5. The van der Waals surface area contributed by atoms with E-state index in [1.54, 1.807) is 12.2 Å². The summed E-state index contributed by atoms with van der Waals surface area (Å²) >= 11 is 0. The molecular formula is C22H30O4. The van der Waals surface area contributed by atoms with Crippen LogP contribution in [0.4, 0.5) is 0 Å². The average molecular weight is 358 g/mol. The Morgan fingerprint density at radius 1 is 1.31 bits per heavy atom. The smallest absolute Gasteiger partial charge is 0.178 e. The van der Waals surface area contributed by atoms with Crippen molar-refractivity contribution in [3.63, 3.8) is 0 Å². The fourth-order valence-corrected chi connectivity index (χ4v) is 7.16. The third-order valence-electron chi connectivity index (χ3n) is 8.28. The molecule has 3 fully saturated rings. The summed E-state index contributed by atoms with van der Waals surface area (Å²) in [5.74, 6) is 0.631. The second kappa shape index (κ2) is 5.87. The highest BCUT2D eigenvalue weighted by atomic mass is 16.3. The largest absolute Gasteiger partial charge is 0.396 e. The van der Waals surface area contributed by atoms with Crippen LogP contribution in [0.5, 0.6) is 0 Å². The van der Waals surface area contributed by atoms with Gasteiger partial charge in [-0.05, 0) is 60.5 Å². The van der Waals surface area contributed by atoms with Crippen LogP contribution in [0.15, 0.2) is 23.8 Å². The molecule has 0 saturated heterocycles. The number of hydrogen-bond acceptors (Lipinski definition) is 4. The van der Waals surface area contributed by atoms with E-state index < -0.39 is 11.5 Å². The van der Waals surface area contributed by atoms with E-state index >= 15 is 0 Å². The number of ketones is 2. The maximum atomic E-state index is 13.4. The van der Waals surface area contributed by atoms with Crippen molar-refractivity contribution in [1.82, 2.24) is 0 Å². The van der Waals surface area contributed by atoms with Crippen LogP contribution >= 0.6 is 0 Å². The molecule has 0 spiro atoms. The molecule has 0 radical (unpaired) electrons. The Bertz CT molecular complexity index is 707. The lowest BCUT2D eigenvalue weighted by atomic mass is 9.46. The zero-order valence-electron chi connectivity index (χ0n) is 15.9. The minimum absolute atomic E-state index is 0.0155. The number of aliphatic hydroxyl groups is 2. The predicted octanol–water partition coefficient (Wildman–Crippen LogP) is 2.69. The maximum absolute atomic E-state index is 13.4. The molecule has 3 saturated carbocycles. The van der Waals surface area contributed by atoms with E-state index in [0.29, 0.717) is 12.8 Å². The fourth-order valence-electron chi connectivity index (χ4n) is 7.16. The highest BCUT2D eigenvalue weighted by Crippen LogP contribution is 2.65. The lowest BCUT2D eigenvalue weighted by Gasteiger charge is -2.56. The average Bonchev–Trinajstić information content (AvgIpc) is 2.85. The molecular weight excluding hydrogens is 328 g/mol. The Balaban J connectivity index is 1.75. The highest BCUT2D eigenvalue weighted by Gasteiger charge is 2.64. The van der Waals surface area contributed by atoms with Gasteiger partial charge in [0.05, 0.1) is 6.10 Å². The van der Waals surface area contributed by atoms with Crippen molar-refractivity contribution in [3.8, 4) is 0 Å². The van der Waals surface area contributed by atoms with Gasteiger partial charge in [-0.3, -0.25) is 9.59 Å². The van der Waals surface area contributed by atoms with Crippen LogP contribution in [0, 0.1) is 40.4 Å². The van der Waals surface area contributed by atoms with Gasteiger partial charge in [0.25, 0.3) is 0 Å². The first-order valence-corrected chi connectivity index (χ1v) is 9.98. The molecule has 4 rings (SSSR count). The predicted molar refractivity (Wildman–Crippen MR) is 98.1 cm³/mol. The van der Waals surface area contributed by atoms with Gasteiger partial charge in [0.15, 0.2) is 5.78 Å². The molecule has 0 amide bonds. The number of carbonyl (C=O) groups excluding carboxylic acids is 2. The third-order valence-corrected chi connectivity index (χ3v) is 8.28. The van der Waals surface area contributed by atoms with Gasteiger partial charge in [0.1, 0.15) is 5.78 Å². The molecule has 142 valence electrons. The molecule has 4 aliphatic rings. The Kier molecular flexibility index (Phi) is 4.09. The first-order chi connectivity index (χ1) is 12.2. The minimum Gasteiger partial charge on any atom is -0.396 e. The van der Waals surface area contributed by atoms with E-state index in [1.807, 2.05) is 13.0 Å². The van der Waals surface area contributed by atoms with Gasteiger partial charge >= 0.3 is 0 Å². The van der Waals surface area contributed by atoms with E-state index in [9.17, 15) is 19.8 Å². The molecule has 0 aromatic rings.